The molecule has 0 fully saturated rings. The van der Waals surface area contributed by atoms with Gasteiger partial charge in [-0.25, -0.2) is 4.98 Å². The van der Waals surface area contributed by atoms with Crippen LogP contribution in [-0.4, -0.2) is 27.3 Å². The molecule has 0 atom stereocenters. The number of hydrogen-bond acceptors (Lipinski definition) is 6. The number of thiophene rings is 1. The number of carbonyl (C=O) groups is 1. The van der Waals surface area contributed by atoms with Crippen LogP contribution in [0.5, 0.6) is 0 Å². The Balaban J connectivity index is 1.99. The highest BCUT2D eigenvalue weighted by molar-refractivity contribution is 8.01. The molecule has 0 amide bonds. The van der Waals surface area contributed by atoms with E-state index in [4.69, 9.17) is 4.74 Å². The quantitative estimate of drug-likeness (QED) is 0.414. The van der Waals surface area contributed by atoms with Crippen LogP contribution >= 0.6 is 23.1 Å². The van der Waals surface area contributed by atoms with Crippen molar-refractivity contribution >= 4 is 39.3 Å². The van der Waals surface area contributed by atoms with Gasteiger partial charge in [-0.3, -0.25) is 9.59 Å². The molecule has 0 unspecified atom stereocenters. The van der Waals surface area contributed by atoms with Gasteiger partial charge in [0.1, 0.15) is 9.58 Å². The molecule has 5 nitrogen and oxygen atoms in total. The number of fused-ring (bicyclic) bond motifs is 1. The van der Waals surface area contributed by atoms with Crippen molar-refractivity contribution < 1.29 is 9.53 Å². The van der Waals surface area contributed by atoms with Crippen molar-refractivity contribution in [2.45, 2.75) is 30.7 Å². The third-order valence-electron chi connectivity index (χ3n) is 3.63. The number of thioether (sulfide) groups is 1. The van der Waals surface area contributed by atoms with Crippen LogP contribution in [0.4, 0.5) is 0 Å². The number of hydrogen-bond donors (Lipinski definition) is 1. The van der Waals surface area contributed by atoms with Crippen molar-refractivity contribution in [1.29, 1.82) is 0 Å². The summed E-state index contributed by atoms with van der Waals surface area (Å²) < 4.78 is 4.25. The summed E-state index contributed by atoms with van der Waals surface area (Å²) in [6.07, 6.45) is 0. The summed E-state index contributed by atoms with van der Waals surface area (Å²) in [5, 5.41) is 2.93. The first-order chi connectivity index (χ1) is 11.9. The Labute approximate surface area is 153 Å². The zero-order valence-corrected chi connectivity index (χ0v) is 15.8. The van der Waals surface area contributed by atoms with Crippen LogP contribution in [0.15, 0.2) is 45.7 Å². The maximum atomic E-state index is 12.6. The minimum absolute atomic E-state index is 0.202. The van der Waals surface area contributed by atoms with Crippen LogP contribution in [-0.2, 0) is 9.53 Å². The molecule has 0 radical (unpaired) electrons. The predicted molar refractivity (Wildman–Crippen MR) is 102 cm³/mol. The van der Waals surface area contributed by atoms with E-state index in [1.165, 1.54) is 23.1 Å². The Bertz CT molecular complexity index is 961. The van der Waals surface area contributed by atoms with E-state index in [2.05, 4.69) is 9.97 Å². The fraction of sp³-hybridized carbons (Fsp3) is 0.278. The molecule has 0 aliphatic carbocycles. The maximum Gasteiger partial charge on any atom is 0.322 e. The van der Waals surface area contributed by atoms with Crippen LogP contribution in [0.3, 0.4) is 0 Å². The van der Waals surface area contributed by atoms with Gasteiger partial charge in [-0.1, -0.05) is 42.1 Å². The van der Waals surface area contributed by atoms with Crippen molar-refractivity contribution in [3.63, 3.8) is 0 Å². The molecule has 1 N–H and O–H groups in total. The van der Waals surface area contributed by atoms with Gasteiger partial charge in [0.2, 0.25) is 0 Å². The molecule has 25 heavy (non-hydrogen) atoms. The smallest absolute Gasteiger partial charge is 0.322 e. The number of aromatic amines is 1. The van der Waals surface area contributed by atoms with Crippen LogP contribution in [0.25, 0.3) is 21.3 Å². The second kappa shape index (κ2) is 7.01. The monoisotopic (exact) mass is 374 g/mol. The van der Waals surface area contributed by atoms with Gasteiger partial charge in [0.25, 0.3) is 5.56 Å². The van der Waals surface area contributed by atoms with Gasteiger partial charge in [0, 0.05) is 10.9 Å². The molecule has 2 heterocycles. The summed E-state index contributed by atoms with van der Waals surface area (Å²) >= 11 is 2.61. The van der Waals surface area contributed by atoms with E-state index in [0.29, 0.717) is 22.0 Å². The molecule has 1 aromatic carbocycles. The molecule has 0 bridgehead atoms. The van der Waals surface area contributed by atoms with Crippen molar-refractivity contribution in [2.75, 3.05) is 6.61 Å². The van der Waals surface area contributed by atoms with Gasteiger partial charge in [0.05, 0.1) is 12.0 Å². The zero-order valence-electron chi connectivity index (χ0n) is 14.2. The minimum atomic E-state index is -0.834. The predicted octanol–water partition coefficient (Wildman–Crippen LogP) is 4.09. The molecule has 3 rings (SSSR count). The van der Waals surface area contributed by atoms with E-state index >= 15 is 0 Å². The van der Waals surface area contributed by atoms with Gasteiger partial charge in [-0.2, -0.15) is 0 Å². The number of ether oxygens (including phenoxy) is 1. The third kappa shape index (κ3) is 3.62. The Morgan fingerprint density at radius 1 is 1.32 bits per heavy atom. The zero-order chi connectivity index (χ0) is 18.0. The molecule has 2 aromatic heterocycles. The van der Waals surface area contributed by atoms with Gasteiger partial charge in [-0.15, -0.1) is 11.3 Å². The van der Waals surface area contributed by atoms with Gasteiger partial charge in [0.15, 0.2) is 5.16 Å². The summed E-state index contributed by atoms with van der Waals surface area (Å²) in [4.78, 5) is 32.6. The number of rotatable bonds is 5. The summed E-state index contributed by atoms with van der Waals surface area (Å²) in [7, 11) is 0. The third-order valence-corrected chi connectivity index (χ3v) is 5.56. The highest BCUT2D eigenvalue weighted by Crippen LogP contribution is 2.34. The summed E-state index contributed by atoms with van der Waals surface area (Å²) in [5.74, 6) is -0.334. The standard InChI is InChI=1S/C18H18N2O3S2/c1-4-23-16(22)18(2,3)25-17-19-14(21)13-12(10-24-15(13)20-17)11-8-6-5-7-9-11/h5-10H,4H2,1-3H3,(H,19,20,21). The van der Waals surface area contributed by atoms with Crippen molar-refractivity contribution in [3.05, 3.63) is 46.1 Å². The normalized spacial score (nSPS) is 11.6. The highest BCUT2D eigenvalue weighted by atomic mass is 32.2. The summed E-state index contributed by atoms with van der Waals surface area (Å²) in [6, 6.07) is 9.74. The first-order valence-electron chi connectivity index (χ1n) is 7.85. The second-order valence-electron chi connectivity index (χ2n) is 5.90. The second-order valence-corrected chi connectivity index (χ2v) is 8.37. The van der Waals surface area contributed by atoms with E-state index in [1.54, 1.807) is 20.8 Å². The number of aromatic nitrogens is 2. The molecule has 130 valence electrons. The average Bonchev–Trinajstić information content (AvgIpc) is 3.00. The van der Waals surface area contributed by atoms with E-state index in [9.17, 15) is 9.59 Å². The van der Waals surface area contributed by atoms with Gasteiger partial charge >= 0.3 is 5.97 Å². The SMILES string of the molecule is CCOC(=O)C(C)(C)Sc1nc2scc(-c3ccccc3)c2c(=O)[nH]1. The van der Waals surface area contributed by atoms with E-state index in [0.717, 1.165) is 11.1 Å². The molecule has 0 saturated heterocycles. The van der Waals surface area contributed by atoms with E-state index in [-0.39, 0.29) is 11.5 Å². The number of nitrogens with one attached hydrogen (secondary N) is 1. The minimum Gasteiger partial charge on any atom is -0.465 e. The Hall–Kier alpha value is -2.12. The van der Waals surface area contributed by atoms with Gasteiger partial charge in [-0.05, 0) is 26.3 Å². The fourth-order valence-electron chi connectivity index (χ4n) is 2.40. The number of nitrogens with zero attached hydrogens (tertiary/aromatic N) is 1. The fourth-order valence-corrected chi connectivity index (χ4v) is 4.31. The molecular formula is C18H18N2O3S2. The lowest BCUT2D eigenvalue weighted by molar-refractivity contribution is -0.145. The molecule has 0 aliphatic rings. The largest absolute Gasteiger partial charge is 0.465 e. The molecule has 7 heteroatoms. The molecule has 0 aliphatic heterocycles. The number of esters is 1. The number of H-pyrrole nitrogens is 1. The summed E-state index contributed by atoms with van der Waals surface area (Å²) in [5.41, 5.74) is 1.65. The Morgan fingerprint density at radius 3 is 2.72 bits per heavy atom. The van der Waals surface area contributed by atoms with Gasteiger partial charge < -0.3 is 9.72 Å². The molecule has 0 spiro atoms. The number of benzene rings is 1. The number of carbonyl (C=O) groups excluding carboxylic acids is 1. The van der Waals surface area contributed by atoms with Crippen LogP contribution in [0, 0.1) is 0 Å². The summed E-state index contributed by atoms with van der Waals surface area (Å²) in [6.45, 7) is 5.59. The van der Waals surface area contributed by atoms with Crippen LogP contribution < -0.4 is 5.56 Å². The van der Waals surface area contributed by atoms with E-state index < -0.39 is 4.75 Å². The lowest BCUT2D eigenvalue weighted by Gasteiger charge is -2.20. The topological polar surface area (TPSA) is 72.0 Å². The Kier molecular flexibility index (Phi) is 4.96. The first kappa shape index (κ1) is 17.7. The van der Waals surface area contributed by atoms with Crippen LogP contribution in [0.1, 0.15) is 20.8 Å². The average molecular weight is 374 g/mol. The highest BCUT2D eigenvalue weighted by Gasteiger charge is 2.32. The molecular weight excluding hydrogens is 356 g/mol. The van der Waals surface area contributed by atoms with Crippen LogP contribution in [0.2, 0.25) is 0 Å². The Morgan fingerprint density at radius 2 is 2.04 bits per heavy atom. The lowest BCUT2D eigenvalue weighted by atomic mass is 10.1. The molecule has 3 aromatic rings. The first-order valence-corrected chi connectivity index (χ1v) is 9.55. The van der Waals surface area contributed by atoms with Crippen molar-refractivity contribution in [2.24, 2.45) is 0 Å². The molecule has 0 saturated carbocycles. The lowest BCUT2D eigenvalue weighted by Crippen LogP contribution is -2.30. The maximum absolute atomic E-state index is 12.6. The van der Waals surface area contributed by atoms with Crippen molar-refractivity contribution in [1.82, 2.24) is 9.97 Å². The van der Waals surface area contributed by atoms with Crippen molar-refractivity contribution in [3.8, 4) is 11.1 Å². The van der Waals surface area contributed by atoms with E-state index in [1.807, 2.05) is 35.7 Å².